The Bertz CT molecular complexity index is 1220. The fraction of sp³-hybridized carbons (Fsp3) is 0.286. The van der Waals surface area contributed by atoms with E-state index in [1.54, 1.807) is 42.3 Å². The van der Waals surface area contributed by atoms with Crippen LogP contribution < -0.4 is 28.9 Å². The molecule has 8 nitrogen and oxygen atoms in total. The van der Waals surface area contributed by atoms with Gasteiger partial charge < -0.3 is 19.1 Å². The molecule has 1 heterocycles. The van der Waals surface area contributed by atoms with Gasteiger partial charge in [0.25, 0.3) is 5.91 Å². The molecule has 1 unspecified atom stereocenters. The number of carbonyl (C=O) groups excluding carboxylic acids is 2. The van der Waals surface area contributed by atoms with Crippen LogP contribution >= 0.6 is 0 Å². The zero-order valence-corrected chi connectivity index (χ0v) is 21.2. The number of hydrogen-bond donors (Lipinski definition) is 0. The van der Waals surface area contributed by atoms with Crippen LogP contribution in [-0.2, 0) is 9.59 Å². The Labute approximate surface area is 211 Å². The molecule has 1 fully saturated rings. The fourth-order valence-corrected chi connectivity index (χ4v) is 4.31. The summed E-state index contributed by atoms with van der Waals surface area (Å²) in [6, 6.07) is 19.2. The van der Waals surface area contributed by atoms with E-state index in [1.165, 1.54) is 12.0 Å². The molecule has 1 aliphatic heterocycles. The predicted molar refractivity (Wildman–Crippen MR) is 141 cm³/mol. The van der Waals surface area contributed by atoms with Gasteiger partial charge in [0.1, 0.15) is 29.8 Å². The third-order valence-corrected chi connectivity index (χ3v) is 6.15. The number of anilines is 3. The zero-order chi connectivity index (χ0) is 25.8. The highest BCUT2D eigenvalue weighted by atomic mass is 16.5. The van der Waals surface area contributed by atoms with Crippen LogP contribution in [0.1, 0.15) is 18.5 Å². The van der Waals surface area contributed by atoms with Crippen LogP contribution in [0.25, 0.3) is 0 Å². The van der Waals surface area contributed by atoms with Crippen molar-refractivity contribution in [1.29, 1.82) is 0 Å². The second kappa shape index (κ2) is 10.6. The third-order valence-electron chi connectivity index (χ3n) is 6.15. The number of ether oxygens (including phenoxy) is 3. The normalized spacial score (nSPS) is 15.6. The van der Waals surface area contributed by atoms with Crippen molar-refractivity contribution < 1.29 is 23.8 Å². The molecule has 3 aromatic carbocycles. The molecular formula is C28H31N3O5. The SMILES string of the molecule is CCOc1ccc(N2C(=O)CN(c3ccc(OC)cc3OC)C(=O)C2c2ccc(N(C)C)cc2)cc1. The molecule has 0 spiro atoms. The van der Waals surface area contributed by atoms with Gasteiger partial charge in [-0.05, 0) is 61.0 Å². The second-order valence-corrected chi connectivity index (χ2v) is 8.54. The molecule has 1 aliphatic rings. The molecule has 0 N–H and O–H groups in total. The highest BCUT2D eigenvalue weighted by Crippen LogP contribution is 2.39. The van der Waals surface area contributed by atoms with E-state index in [-0.39, 0.29) is 18.4 Å². The Morgan fingerprint density at radius 1 is 0.889 bits per heavy atom. The maximum atomic E-state index is 14.1. The molecule has 2 amide bonds. The quantitative estimate of drug-likeness (QED) is 0.470. The van der Waals surface area contributed by atoms with Gasteiger partial charge in [-0.15, -0.1) is 0 Å². The lowest BCUT2D eigenvalue weighted by Gasteiger charge is -2.40. The lowest BCUT2D eigenvalue weighted by molar-refractivity contribution is -0.128. The molecule has 0 aliphatic carbocycles. The summed E-state index contributed by atoms with van der Waals surface area (Å²) in [7, 11) is 6.99. The average molecular weight is 490 g/mol. The van der Waals surface area contributed by atoms with Crippen molar-refractivity contribution in [2.45, 2.75) is 13.0 Å². The van der Waals surface area contributed by atoms with Crippen molar-refractivity contribution in [2.24, 2.45) is 0 Å². The molecule has 1 saturated heterocycles. The average Bonchev–Trinajstić information content (AvgIpc) is 2.90. The number of nitrogens with zero attached hydrogens (tertiary/aromatic N) is 3. The summed E-state index contributed by atoms with van der Waals surface area (Å²) in [6.07, 6.45) is 0. The summed E-state index contributed by atoms with van der Waals surface area (Å²) < 4.78 is 16.4. The van der Waals surface area contributed by atoms with Crippen LogP contribution in [0.4, 0.5) is 17.1 Å². The number of hydrogen-bond acceptors (Lipinski definition) is 6. The van der Waals surface area contributed by atoms with Crippen molar-refractivity contribution in [3.63, 3.8) is 0 Å². The fourth-order valence-electron chi connectivity index (χ4n) is 4.31. The van der Waals surface area contributed by atoms with E-state index in [1.807, 2.05) is 62.3 Å². The van der Waals surface area contributed by atoms with Crippen molar-refractivity contribution in [2.75, 3.05) is 56.2 Å². The molecule has 0 bridgehead atoms. The molecule has 188 valence electrons. The Balaban J connectivity index is 1.79. The Kier molecular flexibility index (Phi) is 7.33. The number of amides is 2. The third kappa shape index (κ3) is 4.79. The van der Waals surface area contributed by atoms with Gasteiger partial charge in [-0.3, -0.25) is 19.4 Å². The Morgan fingerprint density at radius 2 is 1.56 bits per heavy atom. The minimum Gasteiger partial charge on any atom is -0.497 e. The molecule has 36 heavy (non-hydrogen) atoms. The largest absolute Gasteiger partial charge is 0.497 e. The summed E-state index contributed by atoms with van der Waals surface area (Å²) in [5, 5.41) is 0. The van der Waals surface area contributed by atoms with Crippen molar-refractivity contribution in [1.82, 2.24) is 0 Å². The van der Waals surface area contributed by atoms with Crippen LogP contribution in [0.5, 0.6) is 17.2 Å². The van der Waals surface area contributed by atoms with Gasteiger partial charge in [0, 0.05) is 31.5 Å². The maximum Gasteiger partial charge on any atom is 0.255 e. The lowest BCUT2D eigenvalue weighted by Crippen LogP contribution is -2.56. The summed E-state index contributed by atoms with van der Waals surface area (Å²) in [4.78, 5) is 32.7. The van der Waals surface area contributed by atoms with Gasteiger partial charge in [0.05, 0.1) is 26.5 Å². The highest BCUT2D eigenvalue weighted by molar-refractivity contribution is 6.15. The monoisotopic (exact) mass is 489 g/mol. The summed E-state index contributed by atoms with van der Waals surface area (Å²) in [5.74, 6) is 1.31. The molecular weight excluding hydrogens is 458 g/mol. The van der Waals surface area contributed by atoms with E-state index >= 15 is 0 Å². The van der Waals surface area contributed by atoms with Crippen LogP contribution in [0.15, 0.2) is 66.7 Å². The van der Waals surface area contributed by atoms with Crippen LogP contribution in [-0.4, -0.2) is 53.3 Å². The van der Waals surface area contributed by atoms with Gasteiger partial charge >= 0.3 is 0 Å². The highest BCUT2D eigenvalue weighted by Gasteiger charge is 2.42. The smallest absolute Gasteiger partial charge is 0.255 e. The minimum absolute atomic E-state index is 0.124. The number of piperazine rings is 1. The number of methoxy groups -OCH3 is 2. The Hall–Kier alpha value is -4.20. The maximum absolute atomic E-state index is 14.1. The van der Waals surface area contributed by atoms with Crippen LogP contribution in [0.2, 0.25) is 0 Å². The van der Waals surface area contributed by atoms with Crippen LogP contribution in [0.3, 0.4) is 0 Å². The first-order valence-corrected chi connectivity index (χ1v) is 11.7. The first-order valence-electron chi connectivity index (χ1n) is 11.7. The first-order chi connectivity index (χ1) is 17.4. The minimum atomic E-state index is -0.854. The Morgan fingerprint density at radius 3 is 2.14 bits per heavy atom. The van der Waals surface area contributed by atoms with E-state index in [0.29, 0.717) is 40.8 Å². The molecule has 0 aromatic heterocycles. The predicted octanol–water partition coefficient (Wildman–Crippen LogP) is 4.29. The standard InChI is InChI=1S/C28H31N3O5/c1-6-36-22-13-11-21(12-14-22)31-26(32)18-30(24-16-15-23(34-4)17-25(24)35-5)28(33)27(31)19-7-9-20(10-8-19)29(2)3/h7-17,27H,6,18H2,1-5H3. The summed E-state index contributed by atoms with van der Waals surface area (Å²) in [6.45, 7) is 2.33. The molecule has 0 saturated carbocycles. The van der Waals surface area contributed by atoms with E-state index in [2.05, 4.69) is 0 Å². The van der Waals surface area contributed by atoms with Gasteiger partial charge in [0.2, 0.25) is 5.91 Å². The van der Waals surface area contributed by atoms with E-state index in [9.17, 15) is 9.59 Å². The van der Waals surface area contributed by atoms with Crippen molar-refractivity contribution in [3.05, 3.63) is 72.3 Å². The number of carbonyl (C=O) groups is 2. The second-order valence-electron chi connectivity index (χ2n) is 8.54. The molecule has 1 atom stereocenters. The van der Waals surface area contributed by atoms with Gasteiger partial charge in [-0.25, -0.2) is 0 Å². The molecule has 4 rings (SSSR count). The van der Waals surface area contributed by atoms with E-state index in [4.69, 9.17) is 14.2 Å². The topological polar surface area (TPSA) is 71.5 Å². The number of rotatable bonds is 8. The van der Waals surface area contributed by atoms with Crippen molar-refractivity contribution >= 4 is 28.9 Å². The van der Waals surface area contributed by atoms with Gasteiger partial charge in [0.15, 0.2) is 0 Å². The molecule has 0 radical (unpaired) electrons. The summed E-state index contributed by atoms with van der Waals surface area (Å²) in [5.41, 5.74) is 2.84. The van der Waals surface area contributed by atoms with E-state index in [0.717, 1.165) is 5.69 Å². The number of benzene rings is 3. The van der Waals surface area contributed by atoms with Gasteiger partial charge in [-0.2, -0.15) is 0 Å². The van der Waals surface area contributed by atoms with Crippen molar-refractivity contribution in [3.8, 4) is 17.2 Å². The first kappa shape index (κ1) is 24.9. The van der Waals surface area contributed by atoms with E-state index < -0.39 is 6.04 Å². The summed E-state index contributed by atoms with van der Waals surface area (Å²) >= 11 is 0. The molecule has 3 aromatic rings. The van der Waals surface area contributed by atoms with Gasteiger partial charge in [-0.1, -0.05) is 12.1 Å². The molecule has 8 heteroatoms. The zero-order valence-electron chi connectivity index (χ0n) is 21.2. The van der Waals surface area contributed by atoms with Crippen LogP contribution in [0, 0.1) is 0 Å². The lowest BCUT2D eigenvalue weighted by atomic mass is 9.98.